The molecule has 1 aromatic rings. The van der Waals surface area contributed by atoms with Gasteiger partial charge in [-0.2, -0.15) is 0 Å². The van der Waals surface area contributed by atoms with Crippen LogP contribution in [0.15, 0.2) is 41.2 Å². The normalized spacial score (nSPS) is 22.3. The zero-order valence-electron chi connectivity index (χ0n) is 12.2. The lowest BCUT2D eigenvalue weighted by Gasteiger charge is -2.45. The number of hydrogen-bond acceptors (Lipinski definition) is 4. The molecule has 1 atom stereocenters. The van der Waals surface area contributed by atoms with Crippen molar-refractivity contribution in [3.05, 3.63) is 46.9 Å². The zero-order chi connectivity index (χ0) is 15.5. The van der Waals surface area contributed by atoms with Crippen LogP contribution in [0.5, 0.6) is 0 Å². The Balaban J connectivity index is 2.55. The zero-order valence-corrected chi connectivity index (χ0v) is 12.9. The SMILES string of the molecule is Cn1cccc1C1(N(CCO)CCO)CC=C(N)C=C1Cl. The maximum Gasteiger partial charge on any atom is 0.101 e. The van der Waals surface area contributed by atoms with E-state index in [1.165, 1.54) is 0 Å². The number of aryl methyl sites for hydroxylation is 1. The van der Waals surface area contributed by atoms with Gasteiger partial charge in [-0.05, 0) is 24.6 Å². The Hall–Kier alpha value is -1.27. The van der Waals surface area contributed by atoms with E-state index in [1.54, 1.807) is 6.08 Å². The number of hydrogen-bond donors (Lipinski definition) is 3. The van der Waals surface area contributed by atoms with Crippen molar-refractivity contribution >= 4 is 11.6 Å². The van der Waals surface area contributed by atoms with E-state index in [-0.39, 0.29) is 13.2 Å². The van der Waals surface area contributed by atoms with Crippen LogP contribution >= 0.6 is 11.6 Å². The highest BCUT2D eigenvalue weighted by Crippen LogP contribution is 2.44. The standard InChI is InChI=1S/C15H22ClN3O2/c1-18-6-2-3-14(18)15(19(7-9-20)8-10-21)5-4-12(17)11-13(15)16/h2-4,6,11,20-21H,5,7-10,17H2,1H3. The van der Waals surface area contributed by atoms with Crippen molar-refractivity contribution in [2.45, 2.75) is 12.0 Å². The number of aliphatic hydroxyl groups excluding tert-OH is 2. The van der Waals surface area contributed by atoms with Crippen LogP contribution in [-0.2, 0) is 12.6 Å². The summed E-state index contributed by atoms with van der Waals surface area (Å²) in [5.41, 5.74) is 6.90. The summed E-state index contributed by atoms with van der Waals surface area (Å²) in [6.07, 6.45) is 6.24. The summed E-state index contributed by atoms with van der Waals surface area (Å²) < 4.78 is 2.01. The van der Waals surface area contributed by atoms with Crippen molar-refractivity contribution in [1.82, 2.24) is 9.47 Å². The van der Waals surface area contributed by atoms with Crippen LogP contribution in [0.25, 0.3) is 0 Å². The summed E-state index contributed by atoms with van der Waals surface area (Å²) in [6.45, 7) is 0.832. The fourth-order valence-corrected chi connectivity index (χ4v) is 3.40. The third-order valence-electron chi connectivity index (χ3n) is 3.97. The molecule has 0 saturated carbocycles. The number of nitrogens with two attached hydrogens (primary N) is 1. The van der Waals surface area contributed by atoms with E-state index in [2.05, 4.69) is 0 Å². The predicted octanol–water partition coefficient (Wildman–Crippen LogP) is 0.876. The van der Waals surface area contributed by atoms with E-state index in [9.17, 15) is 10.2 Å². The fourth-order valence-electron chi connectivity index (χ4n) is 2.98. The average Bonchev–Trinajstić information content (AvgIpc) is 2.86. The van der Waals surface area contributed by atoms with Crippen LogP contribution < -0.4 is 5.73 Å². The number of aliphatic hydroxyl groups is 2. The number of nitrogens with zero attached hydrogens (tertiary/aromatic N) is 2. The molecule has 0 aromatic carbocycles. The number of allylic oxidation sites excluding steroid dienone is 1. The lowest BCUT2D eigenvalue weighted by molar-refractivity contribution is 0.0713. The summed E-state index contributed by atoms with van der Waals surface area (Å²) >= 11 is 6.59. The van der Waals surface area contributed by atoms with Crippen molar-refractivity contribution in [1.29, 1.82) is 0 Å². The van der Waals surface area contributed by atoms with Crippen molar-refractivity contribution in [3.63, 3.8) is 0 Å². The van der Waals surface area contributed by atoms with Crippen molar-refractivity contribution in [2.24, 2.45) is 12.8 Å². The van der Waals surface area contributed by atoms with Gasteiger partial charge in [-0.3, -0.25) is 4.90 Å². The molecule has 0 fully saturated rings. The van der Waals surface area contributed by atoms with Crippen molar-refractivity contribution < 1.29 is 10.2 Å². The fraction of sp³-hybridized carbons (Fsp3) is 0.467. The Kier molecular flexibility index (Phi) is 5.11. The first-order chi connectivity index (χ1) is 10.1. The molecule has 1 aromatic heterocycles. The van der Waals surface area contributed by atoms with Crippen molar-refractivity contribution in [2.75, 3.05) is 26.3 Å². The minimum Gasteiger partial charge on any atom is -0.399 e. The highest BCUT2D eigenvalue weighted by Gasteiger charge is 2.43. The second kappa shape index (κ2) is 6.66. The predicted molar refractivity (Wildman–Crippen MR) is 83.7 cm³/mol. The van der Waals surface area contributed by atoms with Crippen LogP contribution in [0.3, 0.4) is 0 Å². The van der Waals surface area contributed by atoms with E-state index in [0.29, 0.717) is 30.2 Å². The Morgan fingerprint density at radius 3 is 2.52 bits per heavy atom. The monoisotopic (exact) mass is 311 g/mol. The summed E-state index contributed by atoms with van der Waals surface area (Å²) in [5, 5.41) is 19.4. The van der Waals surface area contributed by atoms with Gasteiger partial charge in [0.15, 0.2) is 0 Å². The van der Waals surface area contributed by atoms with Gasteiger partial charge in [0.05, 0.1) is 13.2 Å². The molecule has 21 heavy (non-hydrogen) atoms. The maximum absolute atomic E-state index is 9.38. The Bertz CT molecular complexity index is 547. The van der Waals surface area contributed by atoms with Gasteiger partial charge in [0, 0.05) is 42.8 Å². The molecule has 0 spiro atoms. The molecule has 1 heterocycles. The molecule has 5 nitrogen and oxygen atoms in total. The van der Waals surface area contributed by atoms with Gasteiger partial charge >= 0.3 is 0 Å². The van der Waals surface area contributed by atoms with E-state index in [1.807, 2.05) is 40.9 Å². The van der Waals surface area contributed by atoms with Gasteiger partial charge in [0.25, 0.3) is 0 Å². The van der Waals surface area contributed by atoms with Gasteiger partial charge in [0.2, 0.25) is 0 Å². The molecule has 1 aliphatic carbocycles. The van der Waals surface area contributed by atoms with Gasteiger partial charge in [-0.15, -0.1) is 0 Å². The van der Waals surface area contributed by atoms with E-state index in [0.717, 1.165) is 5.69 Å². The molecule has 0 aliphatic heterocycles. The Morgan fingerprint density at radius 2 is 2.05 bits per heavy atom. The van der Waals surface area contributed by atoms with E-state index >= 15 is 0 Å². The van der Waals surface area contributed by atoms with E-state index in [4.69, 9.17) is 17.3 Å². The van der Waals surface area contributed by atoms with Gasteiger partial charge in [0.1, 0.15) is 5.54 Å². The third kappa shape index (κ3) is 2.87. The van der Waals surface area contributed by atoms with Crippen LogP contribution in [0.4, 0.5) is 0 Å². The molecule has 0 saturated heterocycles. The lowest BCUT2D eigenvalue weighted by atomic mass is 9.84. The molecule has 1 unspecified atom stereocenters. The highest BCUT2D eigenvalue weighted by molar-refractivity contribution is 6.31. The van der Waals surface area contributed by atoms with Gasteiger partial charge < -0.3 is 20.5 Å². The summed E-state index contributed by atoms with van der Waals surface area (Å²) in [6, 6.07) is 3.96. The van der Waals surface area contributed by atoms with Crippen LogP contribution in [0.2, 0.25) is 0 Å². The molecule has 6 heteroatoms. The molecule has 4 N–H and O–H groups in total. The maximum atomic E-state index is 9.38. The summed E-state index contributed by atoms with van der Waals surface area (Å²) in [7, 11) is 1.96. The first-order valence-electron chi connectivity index (χ1n) is 6.98. The lowest BCUT2D eigenvalue weighted by Crippen LogP contribution is -2.50. The second-order valence-corrected chi connectivity index (χ2v) is 5.61. The molecule has 0 amide bonds. The Labute approximate surface area is 129 Å². The quantitative estimate of drug-likeness (QED) is 0.729. The minimum atomic E-state index is -0.603. The molecule has 2 rings (SSSR count). The van der Waals surface area contributed by atoms with Gasteiger partial charge in [-0.1, -0.05) is 17.7 Å². The average molecular weight is 312 g/mol. The number of aromatic nitrogens is 1. The first kappa shape index (κ1) is 16.1. The number of halogens is 1. The third-order valence-corrected chi connectivity index (χ3v) is 4.39. The topological polar surface area (TPSA) is 74.6 Å². The van der Waals surface area contributed by atoms with Gasteiger partial charge in [-0.25, -0.2) is 0 Å². The van der Waals surface area contributed by atoms with Crippen molar-refractivity contribution in [3.8, 4) is 0 Å². The van der Waals surface area contributed by atoms with E-state index < -0.39 is 5.54 Å². The second-order valence-electron chi connectivity index (χ2n) is 5.20. The molecule has 0 bridgehead atoms. The highest BCUT2D eigenvalue weighted by atomic mass is 35.5. The largest absolute Gasteiger partial charge is 0.399 e. The molecule has 0 radical (unpaired) electrons. The molecule has 1 aliphatic rings. The first-order valence-corrected chi connectivity index (χ1v) is 7.36. The summed E-state index contributed by atoms with van der Waals surface area (Å²) in [5.74, 6) is 0. The Morgan fingerprint density at radius 1 is 1.38 bits per heavy atom. The molecular weight excluding hydrogens is 290 g/mol. The minimum absolute atomic E-state index is 0.00443. The summed E-state index contributed by atoms with van der Waals surface area (Å²) in [4.78, 5) is 2.00. The van der Waals surface area contributed by atoms with Crippen LogP contribution in [0.1, 0.15) is 12.1 Å². The number of rotatable bonds is 6. The molecular formula is C15H22ClN3O2. The molecule has 116 valence electrons. The van der Waals surface area contributed by atoms with Crippen LogP contribution in [-0.4, -0.2) is 46.0 Å². The van der Waals surface area contributed by atoms with Crippen LogP contribution in [0, 0.1) is 0 Å². The smallest absolute Gasteiger partial charge is 0.101 e.